The molecule has 0 bridgehead atoms. The normalized spacial score (nSPS) is 14.6. The molecule has 0 unspecified atom stereocenters. The Kier molecular flexibility index (Phi) is 3.72. The van der Waals surface area contributed by atoms with Crippen molar-refractivity contribution in [3.8, 4) is 11.3 Å². The van der Waals surface area contributed by atoms with Crippen LogP contribution >= 0.6 is 0 Å². The van der Waals surface area contributed by atoms with Gasteiger partial charge in [-0.15, -0.1) is 0 Å². The second-order valence-corrected chi connectivity index (χ2v) is 5.09. The predicted molar refractivity (Wildman–Crippen MR) is 76.7 cm³/mol. The highest BCUT2D eigenvalue weighted by Crippen LogP contribution is 2.26. The minimum atomic E-state index is 0.167. The number of pyridine rings is 2. The first-order chi connectivity index (χ1) is 9.84. The van der Waals surface area contributed by atoms with Gasteiger partial charge in [-0.2, -0.15) is 0 Å². The van der Waals surface area contributed by atoms with Gasteiger partial charge in [0.1, 0.15) is 0 Å². The summed E-state index contributed by atoms with van der Waals surface area (Å²) in [6, 6.07) is 7.76. The molecule has 1 saturated carbocycles. The molecule has 1 aliphatic rings. The largest absolute Gasteiger partial charge is 0.352 e. The number of amides is 1. The van der Waals surface area contributed by atoms with E-state index < -0.39 is 0 Å². The fraction of sp³-hybridized carbons (Fsp3) is 0.312. The number of carbonyl (C=O) groups excluding carboxylic acids is 1. The molecule has 2 aromatic heterocycles. The second kappa shape index (κ2) is 5.82. The Morgan fingerprint density at radius 1 is 1.20 bits per heavy atom. The van der Waals surface area contributed by atoms with E-state index in [-0.39, 0.29) is 11.8 Å². The summed E-state index contributed by atoms with van der Waals surface area (Å²) in [5, 5.41) is 3.02. The summed E-state index contributed by atoms with van der Waals surface area (Å²) in [6.45, 7) is 0.529. The van der Waals surface area contributed by atoms with Gasteiger partial charge in [0, 0.05) is 36.6 Å². The molecule has 3 rings (SSSR count). The third-order valence-electron chi connectivity index (χ3n) is 3.77. The van der Waals surface area contributed by atoms with Crippen molar-refractivity contribution in [1.29, 1.82) is 0 Å². The van der Waals surface area contributed by atoms with E-state index in [1.54, 1.807) is 18.6 Å². The molecule has 1 fully saturated rings. The van der Waals surface area contributed by atoms with E-state index in [2.05, 4.69) is 15.3 Å². The van der Waals surface area contributed by atoms with E-state index in [0.717, 1.165) is 29.7 Å². The third-order valence-corrected chi connectivity index (χ3v) is 3.77. The molecule has 102 valence electrons. The highest BCUT2D eigenvalue weighted by atomic mass is 16.1. The van der Waals surface area contributed by atoms with Gasteiger partial charge in [0.05, 0.1) is 5.69 Å². The zero-order valence-electron chi connectivity index (χ0n) is 11.2. The van der Waals surface area contributed by atoms with Crippen LogP contribution in [-0.2, 0) is 11.3 Å². The van der Waals surface area contributed by atoms with Crippen molar-refractivity contribution < 1.29 is 4.79 Å². The standard InChI is InChI=1S/C16H17N3O/c20-16(13-3-1-4-13)19-11-14-5-2-8-18-15(14)12-6-9-17-10-7-12/h2,5-10,13H,1,3-4,11H2,(H,19,20). The summed E-state index contributed by atoms with van der Waals surface area (Å²) < 4.78 is 0. The number of hydrogen-bond donors (Lipinski definition) is 1. The number of carbonyl (C=O) groups is 1. The minimum absolute atomic E-state index is 0.167. The quantitative estimate of drug-likeness (QED) is 0.926. The lowest BCUT2D eigenvalue weighted by Crippen LogP contribution is -2.34. The Morgan fingerprint density at radius 2 is 2.00 bits per heavy atom. The fourth-order valence-electron chi connectivity index (χ4n) is 2.35. The third kappa shape index (κ3) is 2.69. The van der Waals surface area contributed by atoms with E-state index in [4.69, 9.17) is 0 Å². The molecule has 0 saturated heterocycles. The van der Waals surface area contributed by atoms with Crippen LogP contribution in [0.3, 0.4) is 0 Å². The maximum atomic E-state index is 11.9. The highest BCUT2D eigenvalue weighted by molar-refractivity contribution is 5.79. The first-order valence-electron chi connectivity index (χ1n) is 6.96. The van der Waals surface area contributed by atoms with Crippen molar-refractivity contribution in [3.05, 3.63) is 48.4 Å². The molecule has 0 aliphatic heterocycles. The summed E-state index contributed by atoms with van der Waals surface area (Å²) in [5.74, 6) is 0.386. The van der Waals surface area contributed by atoms with Crippen LogP contribution in [0.1, 0.15) is 24.8 Å². The Hall–Kier alpha value is -2.23. The SMILES string of the molecule is O=C(NCc1cccnc1-c1ccncc1)C1CCC1. The summed E-state index contributed by atoms with van der Waals surface area (Å²) in [5.41, 5.74) is 2.96. The Bertz CT molecular complexity index is 594. The molecule has 0 radical (unpaired) electrons. The number of nitrogens with one attached hydrogen (secondary N) is 1. The molecule has 0 atom stereocenters. The van der Waals surface area contributed by atoms with Gasteiger partial charge in [-0.3, -0.25) is 14.8 Å². The lowest BCUT2D eigenvalue weighted by atomic mass is 9.85. The van der Waals surface area contributed by atoms with Gasteiger partial charge in [-0.05, 0) is 36.6 Å². The zero-order valence-corrected chi connectivity index (χ0v) is 11.2. The Balaban J connectivity index is 1.74. The molecular formula is C16H17N3O. The van der Waals surface area contributed by atoms with E-state index in [0.29, 0.717) is 6.54 Å². The number of rotatable bonds is 4. The number of aromatic nitrogens is 2. The van der Waals surface area contributed by atoms with Gasteiger partial charge in [0.15, 0.2) is 0 Å². The van der Waals surface area contributed by atoms with Crippen LogP contribution in [0.5, 0.6) is 0 Å². The average molecular weight is 267 g/mol. The Morgan fingerprint density at radius 3 is 2.70 bits per heavy atom. The van der Waals surface area contributed by atoms with Gasteiger partial charge in [-0.25, -0.2) is 0 Å². The van der Waals surface area contributed by atoms with E-state index in [1.807, 2.05) is 24.3 Å². The van der Waals surface area contributed by atoms with E-state index in [9.17, 15) is 4.79 Å². The lowest BCUT2D eigenvalue weighted by Gasteiger charge is -2.24. The molecule has 2 aromatic rings. The smallest absolute Gasteiger partial charge is 0.223 e. The molecule has 4 heteroatoms. The first-order valence-corrected chi connectivity index (χ1v) is 6.96. The van der Waals surface area contributed by atoms with Gasteiger partial charge < -0.3 is 5.32 Å². The van der Waals surface area contributed by atoms with Crippen molar-refractivity contribution in [3.63, 3.8) is 0 Å². The van der Waals surface area contributed by atoms with Crippen molar-refractivity contribution in [2.45, 2.75) is 25.8 Å². The van der Waals surface area contributed by atoms with Crippen LogP contribution in [-0.4, -0.2) is 15.9 Å². The van der Waals surface area contributed by atoms with Crippen LogP contribution < -0.4 is 5.32 Å². The number of hydrogen-bond acceptors (Lipinski definition) is 3. The molecule has 2 heterocycles. The summed E-state index contributed by atoms with van der Waals surface area (Å²) in [4.78, 5) is 20.4. The van der Waals surface area contributed by atoms with Gasteiger partial charge in [0.25, 0.3) is 0 Å². The molecule has 1 aliphatic carbocycles. The predicted octanol–water partition coefficient (Wildman–Crippen LogP) is 2.56. The van der Waals surface area contributed by atoms with E-state index >= 15 is 0 Å². The maximum absolute atomic E-state index is 11.9. The number of nitrogens with zero attached hydrogens (tertiary/aromatic N) is 2. The first kappa shape index (κ1) is 12.8. The topological polar surface area (TPSA) is 54.9 Å². The van der Waals surface area contributed by atoms with Gasteiger partial charge in [-0.1, -0.05) is 12.5 Å². The average Bonchev–Trinajstić information content (AvgIpc) is 2.44. The van der Waals surface area contributed by atoms with Crippen LogP contribution in [0.2, 0.25) is 0 Å². The van der Waals surface area contributed by atoms with Crippen LogP contribution in [0.15, 0.2) is 42.9 Å². The highest BCUT2D eigenvalue weighted by Gasteiger charge is 2.24. The Labute approximate surface area is 118 Å². The summed E-state index contributed by atoms with van der Waals surface area (Å²) >= 11 is 0. The monoisotopic (exact) mass is 267 g/mol. The molecule has 0 spiro atoms. The van der Waals surface area contributed by atoms with Gasteiger partial charge >= 0.3 is 0 Å². The van der Waals surface area contributed by atoms with Gasteiger partial charge in [0.2, 0.25) is 5.91 Å². The van der Waals surface area contributed by atoms with Crippen LogP contribution in [0, 0.1) is 5.92 Å². The van der Waals surface area contributed by atoms with E-state index in [1.165, 1.54) is 6.42 Å². The molecular weight excluding hydrogens is 250 g/mol. The molecule has 4 nitrogen and oxygen atoms in total. The lowest BCUT2D eigenvalue weighted by molar-refractivity contribution is -0.127. The van der Waals surface area contributed by atoms with Crippen LogP contribution in [0.4, 0.5) is 0 Å². The second-order valence-electron chi connectivity index (χ2n) is 5.09. The summed E-state index contributed by atoms with van der Waals surface area (Å²) in [6.07, 6.45) is 8.49. The van der Waals surface area contributed by atoms with Crippen molar-refractivity contribution in [2.75, 3.05) is 0 Å². The van der Waals surface area contributed by atoms with Crippen molar-refractivity contribution >= 4 is 5.91 Å². The maximum Gasteiger partial charge on any atom is 0.223 e. The zero-order chi connectivity index (χ0) is 13.8. The van der Waals surface area contributed by atoms with Crippen molar-refractivity contribution in [1.82, 2.24) is 15.3 Å². The fourth-order valence-corrected chi connectivity index (χ4v) is 2.35. The van der Waals surface area contributed by atoms with Crippen LogP contribution in [0.25, 0.3) is 11.3 Å². The minimum Gasteiger partial charge on any atom is -0.352 e. The summed E-state index contributed by atoms with van der Waals surface area (Å²) in [7, 11) is 0. The molecule has 1 N–H and O–H groups in total. The molecule has 20 heavy (non-hydrogen) atoms. The molecule has 0 aromatic carbocycles. The molecule has 1 amide bonds. The van der Waals surface area contributed by atoms with Crippen molar-refractivity contribution in [2.24, 2.45) is 5.92 Å².